The highest BCUT2D eigenvalue weighted by molar-refractivity contribution is 7.20. The molecule has 0 aliphatic heterocycles. The summed E-state index contributed by atoms with van der Waals surface area (Å²) in [5.74, 6) is 4.07. The highest BCUT2D eigenvalue weighted by atomic mass is 28.3. The van der Waals surface area contributed by atoms with Gasteiger partial charge in [0.15, 0.2) is 27.8 Å². The minimum Gasteiger partial charge on any atom is -0.309 e. The van der Waals surface area contributed by atoms with Crippen molar-refractivity contribution in [1.82, 2.24) is 76.1 Å². The lowest BCUT2D eigenvalue weighted by Crippen LogP contribution is -2.74. The number of hydrogen-bond donors (Lipinski definition) is 0. The summed E-state index contributed by atoms with van der Waals surface area (Å²) < 4.78 is 17.9. The van der Waals surface area contributed by atoms with Gasteiger partial charge in [-0.1, -0.05) is 370 Å². The van der Waals surface area contributed by atoms with Crippen LogP contribution in [0.5, 0.6) is 0 Å². The summed E-state index contributed by atoms with van der Waals surface area (Å²) in [5.41, 5.74) is 21.6. The Morgan fingerprint density at radius 3 is 0.795 bits per heavy atom. The molecule has 10 aromatic heterocycles. The molecule has 30 rings (SSSR count). The molecule has 0 atom stereocenters. The second-order valence-electron chi connectivity index (χ2n) is 37.8. The van der Waals surface area contributed by atoms with E-state index in [9.17, 15) is 0 Å². The quantitative estimate of drug-likeness (QED) is 0.0648. The van der Waals surface area contributed by atoms with E-state index in [0.29, 0.717) is 47.0 Å². The molecule has 18 heteroatoms. The number of rotatable bonds is 17. The van der Waals surface area contributed by atoms with Crippen molar-refractivity contribution >= 4 is 201 Å². The Balaban J connectivity index is 0.567. The number of para-hydroxylation sites is 13. The van der Waals surface area contributed by atoms with Crippen molar-refractivity contribution in [1.29, 1.82) is 0 Å². The van der Waals surface area contributed by atoms with Gasteiger partial charge in [-0.3, -0.25) is 17.9 Å². The Morgan fingerprint density at radius 2 is 0.411 bits per heavy atom. The topological polar surface area (TPSA) is 142 Å². The summed E-state index contributed by atoms with van der Waals surface area (Å²) >= 11 is 0. The number of hydrogen-bond acceptors (Lipinski definition) is 8. The zero-order valence-corrected chi connectivity index (χ0v) is 80.5. The van der Waals surface area contributed by atoms with Crippen LogP contribution in [0.3, 0.4) is 0 Å². The van der Waals surface area contributed by atoms with Crippen molar-refractivity contribution in [3.8, 4) is 69.1 Å². The van der Waals surface area contributed by atoms with Crippen LogP contribution in [0.1, 0.15) is 0 Å². The predicted octanol–water partition coefficient (Wildman–Crippen LogP) is 23.7. The molecule has 0 spiro atoms. The molecule has 0 fully saturated rings. The lowest BCUT2D eigenvalue weighted by molar-refractivity contribution is 0.877. The Kier molecular flexibility index (Phi) is 18.4. The van der Waals surface area contributed by atoms with Crippen LogP contribution in [-0.2, 0) is 0 Å². The fraction of sp³-hybridized carbons (Fsp3) is 0. The van der Waals surface area contributed by atoms with Gasteiger partial charge in [-0.05, 0) is 180 Å². The largest absolute Gasteiger partial charge is 0.309 e. The van der Waals surface area contributed by atoms with Crippen LogP contribution in [0.2, 0.25) is 0 Å². The highest BCUT2D eigenvalue weighted by Gasteiger charge is 2.44. The van der Waals surface area contributed by atoms with Gasteiger partial charge in [-0.2, -0.15) is 29.9 Å². The van der Waals surface area contributed by atoms with E-state index < -0.39 is 16.1 Å². The molecule has 146 heavy (non-hydrogen) atoms. The normalized spacial score (nSPS) is 12.2. The summed E-state index contributed by atoms with van der Waals surface area (Å²) in [6, 6.07) is 181. The second-order valence-corrected chi connectivity index (χ2v) is 45.4. The number of nitrogens with zero attached hydrogens (tertiary/aromatic N) is 16. The van der Waals surface area contributed by atoms with Gasteiger partial charge in [0.05, 0.1) is 88.3 Å². The van der Waals surface area contributed by atoms with E-state index in [-0.39, 0.29) is 0 Å². The molecule has 0 unspecified atom stereocenters. The van der Waals surface area contributed by atoms with E-state index in [1.807, 2.05) is 6.07 Å². The van der Waals surface area contributed by atoms with E-state index >= 15 is 0 Å². The van der Waals surface area contributed by atoms with Crippen molar-refractivity contribution < 1.29 is 0 Å². The molecule has 0 radical (unpaired) electrons. The third-order valence-electron chi connectivity index (χ3n) is 30.1. The molecular weight excluding hydrogens is 1820 g/mol. The maximum atomic E-state index is 5.70. The average molecular weight is 1900 g/mol. The summed E-state index contributed by atoms with van der Waals surface area (Å²) in [7, 11) is -6.38. The van der Waals surface area contributed by atoms with Gasteiger partial charge in [-0.15, -0.1) is 0 Å². The van der Waals surface area contributed by atoms with Crippen molar-refractivity contribution in [2.75, 3.05) is 0 Å². The molecule has 0 saturated carbocycles. The maximum absolute atomic E-state index is 5.70. The minimum absolute atomic E-state index is 0.384. The van der Waals surface area contributed by atoms with E-state index in [4.69, 9.17) is 39.9 Å². The number of fused-ring (bicyclic) bond motifs is 22. The summed E-state index contributed by atoms with van der Waals surface area (Å²) in [5, 5.41) is 19.1. The van der Waals surface area contributed by atoms with E-state index in [0.717, 1.165) is 132 Å². The molecule has 682 valence electrons. The summed E-state index contributed by atoms with van der Waals surface area (Å²) in [4.78, 5) is 45.0. The van der Waals surface area contributed by atoms with E-state index in [2.05, 4.69) is 528 Å². The molecular formula is C128H82N16Si2. The molecule has 16 nitrogen and oxygen atoms in total. The summed E-state index contributed by atoms with van der Waals surface area (Å²) in [6.45, 7) is 0. The molecule has 0 aliphatic rings. The molecule has 0 saturated heterocycles. The van der Waals surface area contributed by atoms with Crippen LogP contribution < -0.4 is 41.5 Å². The SMILES string of the molecule is c1ccc([Si](c2ccccc2)(c2ccc(-c3nc(-n4c5ccccc5c5ccccc54)nc(-n4c5ccccc5c5cc(-c6ccc7nc8n(-c9nc(-c%10ccc([Si](c%11ccccc%11)(c%11ccccc%11)c%11cccc(-n%12c%13ccccc%13c%13ccccc%13%12)c%11)cc%10)nc(-n%10c%11ccccc%11n%11c%12ccccc%12nc%10%11)n9)c9ccccc9n8c7c6)ccc54)n3)cc2)c2cccc(-n3c4ccccc4c4ccccc43)c2)cc1. The Hall–Kier alpha value is -19.4. The molecule has 10 heterocycles. The van der Waals surface area contributed by atoms with Crippen molar-refractivity contribution in [3.63, 3.8) is 0 Å². The number of imidazole rings is 4. The van der Waals surface area contributed by atoms with E-state index in [1.54, 1.807) is 0 Å². The summed E-state index contributed by atoms with van der Waals surface area (Å²) in [6.07, 6.45) is 0. The number of benzene rings is 20. The first-order chi connectivity index (χ1) is 72.4. The first-order valence-electron chi connectivity index (χ1n) is 49.4. The molecule has 0 aliphatic carbocycles. The third kappa shape index (κ3) is 12.3. The lowest BCUT2D eigenvalue weighted by atomic mass is 10.0. The molecule has 20 aromatic carbocycles. The zero-order chi connectivity index (χ0) is 95.8. The van der Waals surface area contributed by atoms with Crippen molar-refractivity contribution in [3.05, 3.63) is 497 Å². The van der Waals surface area contributed by atoms with E-state index in [1.165, 1.54) is 74.1 Å². The fourth-order valence-corrected chi connectivity index (χ4v) is 33.4. The standard InChI is InChI=1S/C128H82N16Si2/c1-5-37-89(38-6-1)145(90-39-7-2-8-40-90,95-45-33-35-87(81-95)137-107-55-21-13-47-97(107)98-48-14-22-56-108(98)137)93-73-67-83(68-74-93)121-131-123(139-111-59-25-17-51-101(111)102-52-18-26-60-112(102)139)135-124(132-121)140-113-61-27-19-53-103(113)104-79-85(72-78-114(104)140)86-71-77-106-120(80-86)142-117-64-30-32-66-119(117)144(128(142)130-106)126-134-122(133-125(136-126)143-118-65-31-29-63-116(118)141-115-62-28-20-54-105(115)129-127(141)143)84-69-75-94(76-70-84)146(91-41-9-3-10-42-91,92-43-11-4-12-44-92)96-46-34-36-88(82-96)138-109-57-23-15-49-99(109)100-50-16-24-58-110(100)138/h1-82H. The Morgan fingerprint density at radius 1 is 0.144 bits per heavy atom. The van der Waals surface area contributed by atoms with Crippen LogP contribution in [0.4, 0.5) is 0 Å². The van der Waals surface area contributed by atoms with Gasteiger partial charge in [0, 0.05) is 65.6 Å². The Labute approximate surface area is 837 Å². The van der Waals surface area contributed by atoms with Crippen LogP contribution >= 0.6 is 0 Å². The van der Waals surface area contributed by atoms with Crippen LogP contribution in [0.15, 0.2) is 497 Å². The van der Waals surface area contributed by atoms with Gasteiger partial charge in [0.25, 0.3) is 0 Å². The van der Waals surface area contributed by atoms with Crippen LogP contribution in [0.25, 0.3) is 212 Å². The average Bonchev–Trinajstić information content (AvgIpc) is 1.39. The smallest absolute Gasteiger partial charge is 0.242 e. The first kappa shape index (κ1) is 82.5. The minimum atomic E-state index is -3.21. The highest BCUT2D eigenvalue weighted by Crippen LogP contribution is 2.42. The molecule has 0 N–H and O–H groups in total. The first-order valence-corrected chi connectivity index (χ1v) is 53.4. The Bertz CT molecular complexity index is 10300. The second kappa shape index (κ2) is 32.6. The van der Waals surface area contributed by atoms with Gasteiger partial charge in [0.2, 0.25) is 35.3 Å². The van der Waals surface area contributed by atoms with Gasteiger partial charge >= 0.3 is 0 Å². The van der Waals surface area contributed by atoms with Crippen molar-refractivity contribution in [2.24, 2.45) is 0 Å². The maximum Gasteiger partial charge on any atom is 0.242 e. The fourth-order valence-electron chi connectivity index (χ4n) is 23.8. The van der Waals surface area contributed by atoms with Gasteiger partial charge in [0.1, 0.15) is 0 Å². The number of aromatic nitrogens is 16. The third-order valence-corrected chi connectivity index (χ3v) is 39.7. The lowest BCUT2D eigenvalue weighted by Gasteiger charge is -2.35. The molecule has 0 amide bonds. The van der Waals surface area contributed by atoms with Gasteiger partial charge in [-0.25, -0.2) is 19.1 Å². The van der Waals surface area contributed by atoms with Gasteiger partial charge < -0.3 is 9.13 Å². The van der Waals surface area contributed by atoms with Crippen LogP contribution in [-0.4, -0.2) is 92.2 Å². The van der Waals surface area contributed by atoms with Crippen molar-refractivity contribution in [2.45, 2.75) is 0 Å². The van der Waals surface area contributed by atoms with Crippen LogP contribution in [0, 0.1) is 0 Å². The molecule has 30 aromatic rings. The predicted molar refractivity (Wildman–Crippen MR) is 600 cm³/mol. The zero-order valence-electron chi connectivity index (χ0n) is 78.5. The molecule has 0 bridgehead atoms. The monoisotopic (exact) mass is 1900 g/mol.